The fourth-order valence-corrected chi connectivity index (χ4v) is 4.85. The highest BCUT2D eigenvalue weighted by Gasteiger charge is 2.35. The van der Waals surface area contributed by atoms with Gasteiger partial charge in [0.15, 0.2) is 11.5 Å². The predicted molar refractivity (Wildman–Crippen MR) is 180 cm³/mol. The van der Waals surface area contributed by atoms with Gasteiger partial charge in [0.25, 0.3) is 0 Å². The van der Waals surface area contributed by atoms with Crippen molar-refractivity contribution in [1.29, 1.82) is 0 Å². The molecular weight excluding hydrogens is 590 g/mol. The van der Waals surface area contributed by atoms with Crippen LogP contribution in [-0.2, 0) is 22.1 Å². The second-order valence-electron chi connectivity index (χ2n) is 11.3. The third-order valence-corrected chi connectivity index (χ3v) is 7.55. The zero-order valence-corrected chi connectivity index (χ0v) is 27.1. The minimum absolute atomic E-state index is 0.0182. The van der Waals surface area contributed by atoms with Gasteiger partial charge in [-0.3, -0.25) is 0 Å². The van der Waals surface area contributed by atoms with E-state index in [0.717, 1.165) is 62.6 Å². The molecule has 0 heterocycles. The Balaban J connectivity index is 1.29. The largest absolute Gasteiger partial charge is 0.493 e. The van der Waals surface area contributed by atoms with E-state index in [9.17, 15) is 13.6 Å². The number of esters is 1. The standard InChI is InChI=1S/C37H48F2N2O5/c1-3-4-24-44-34-22-18-30(26-35(34)43-2)37(38,39)46-32-20-14-28(15-21-32)16-23-36(42)45-25-12-10-8-6-5-7-9-11-13-29-17-19-31(40)27-33(29)41/h14-23,26-27H,3-13,24-25,40-41H2,1-2H3/b23-16+. The highest BCUT2D eigenvalue weighted by molar-refractivity contribution is 5.87. The molecule has 0 amide bonds. The van der Waals surface area contributed by atoms with Crippen molar-refractivity contribution in [1.82, 2.24) is 0 Å². The summed E-state index contributed by atoms with van der Waals surface area (Å²) < 4.78 is 51.0. The van der Waals surface area contributed by atoms with E-state index in [4.69, 9.17) is 30.4 Å². The number of alkyl halides is 2. The SMILES string of the molecule is CCCCOc1ccc(C(F)(F)Oc2ccc(/C=C/C(=O)OCCCCCCCCCCc3ccc(N)cc3N)cc2)cc1OC. The Labute approximate surface area is 271 Å². The van der Waals surface area contributed by atoms with E-state index in [1.807, 2.05) is 25.1 Å². The molecule has 0 aliphatic carbocycles. The summed E-state index contributed by atoms with van der Waals surface area (Å²) in [5.41, 5.74) is 14.7. The normalized spacial score (nSPS) is 11.5. The number of benzene rings is 3. The van der Waals surface area contributed by atoms with Crippen molar-refractivity contribution in [3.63, 3.8) is 0 Å². The first-order valence-electron chi connectivity index (χ1n) is 16.2. The number of carbonyl (C=O) groups excluding carboxylic acids is 1. The number of nitrogens with two attached hydrogens (primary N) is 2. The third-order valence-electron chi connectivity index (χ3n) is 7.55. The van der Waals surface area contributed by atoms with E-state index in [-0.39, 0.29) is 17.1 Å². The first kappa shape index (κ1) is 36.2. The highest BCUT2D eigenvalue weighted by atomic mass is 19.3. The number of hydrogen-bond donors (Lipinski definition) is 2. The van der Waals surface area contributed by atoms with Gasteiger partial charge >= 0.3 is 12.1 Å². The summed E-state index contributed by atoms with van der Waals surface area (Å²) in [7, 11) is 1.40. The second kappa shape index (κ2) is 19.3. The van der Waals surface area contributed by atoms with Crippen LogP contribution in [0.15, 0.2) is 66.7 Å². The molecule has 250 valence electrons. The van der Waals surface area contributed by atoms with Crippen LogP contribution in [0.25, 0.3) is 6.08 Å². The van der Waals surface area contributed by atoms with Gasteiger partial charge in [-0.15, -0.1) is 0 Å². The monoisotopic (exact) mass is 638 g/mol. The van der Waals surface area contributed by atoms with E-state index in [1.54, 1.807) is 18.2 Å². The predicted octanol–water partition coefficient (Wildman–Crippen LogP) is 9.09. The number of nitrogen functional groups attached to an aromatic ring is 2. The van der Waals surface area contributed by atoms with E-state index in [0.29, 0.717) is 30.2 Å². The van der Waals surface area contributed by atoms with Crippen LogP contribution in [0.1, 0.15) is 87.8 Å². The van der Waals surface area contributed by atoms with Gasteiger partial charge in [-0.2, -0.15) is 8.78 Å². The van der Waals surface area contributed by atoms with E-state index >= 15 is 0 Å². The molecule has 7 nitrogen and oxygen atoms in total. The van der Waals surface area contributed by atoms with Crippen LogP contribution >= 0.6 is 0 Å². The topological polar surface area (TPSA) is 106 Å². The molecule has 9 heteroatoms. The molecule has 3 aromatic rings. The van der Waals surface area contributed by atoms with Gasteiger partial charge in [-0.05, 0) is 85.4 Å². The van der Waals surface area contributed by atoms with Crippen molar-refractivity contribution < 1.29 is 32.5 Å². The number of anilines is 2. The summed E-state index contributed by atoms with van der Waals surface area (Å²) in [6.07, 6.45) is 10.9. The average Bonchev–Trinajstić information content (AvgIpc) is 3.04. The van der Waals surface area contributed by atoms with Crippen molar-refractivity contribution in [2.45, 2.75) is 83.7 Å². The second-order valence-corrected chi connectivity index (χ2v) is 11.3. The lowest BCUT2D eigenvalue weighted by atomic mass is 10.0. The van der Waals surface area contributed by atoms with Gasteiger partial charge in [0.05, 0.1) is 25.9 Å². The minimum Gasteiger partial charge on any atom is -0.493 e. The maximum absolute atomic E-state index is 14.9. The molecule has 0 unspecified atom stereocenters. The van der Waals surface area contributed by atoms with Gasteiger partial charge in [-0.1, -0.05) is 70.1 Å². The minimum atomic E-state index is -3.59. The van der Waals surface area contributed by atoms with Gasteiger partial charge in [-0.25, -0.2) is 4.79 Å². The maximum atomic E-state index is 14.9. The van der Waals surface area contributed by atoms with Crippen molar-refractivity contribution in [2.24, 2.45) is 0 Å². The van der Waals surface area contributed by atoms with Gasteiger partial charge in [0, 0.05) is 17.5 Å². The molecule has 0 aliphatic heterocycles. The molecular formula is C37H48F2N2O5. The number of hydrogen-bond acceptors (Lipinski definition) is 7. The van der Waals surface area contributed by atoms with Crippen LogP contribution in [0.5, 0.6) is 17.2 Å². The van der Waals surface area contributed by atoms with Crippen molar-refractivity contribution in [3.05, 3.63) is 83.4 Å². The molecule has 0 fully saturated rings. The number of unbranched alkanes of at least 4 members (excludes halogenated alkanes) is 8. The molecule has 0 saturated carbocycles. The Morgan fingerprint density at radius 2 is 1.50 bits per heavy atom. The van der Waals surface area contributed by atoms with Crippen LogP contribution in [-0.4, -0.2) is 26.3 Å². The van der Waals surface area contributed by atoms with Crippen molar-refractivity contribution in [2.75, 3.05) is 31.8 Å². The summed E-state index contributed by atoms with van der Waals surface area (Å²) in [5.74, 6) is 0.157. The lowest BCUT2D eigenvalue weighted by Gasteiger charge is -2.20. The summed E-state index contributed by atoms with van der Waals surface area (Å²) in [6, 6.07) is 15.7. The lowest BCUT2D eigenvalue weighted by molar-refractivity contribution is -0.185. The molecule has 3 rings (SSSR count). The maximum Gasteiger partial charge on any atom is 0.426 e. The van der Waals surface area contributed by atoms with Crippen LogP contribution in [0.2, 0.25) is 0 Å². The van der Waals surface area contributed by atoms with Crippen molar-refractivity contribution >= 4 is 23.4 Å². The van der Waals surface area contributed by atoms with E-state index in [2.05, 4.69) is 0 Å². The number of rotatable bonds is 21. The van der Waals surface area contributed by atoms with Gasteiger partial charge < -0.3 is 30.4 Å². The Hall–Kier alpha value is -4.27. The molecule has 3 aromatic carbocycles. The number of aryl methyl sites for hydroxylation is 1. The summed E-state index contributed by atoms with van der Waals surface area (Å²) in [5, 5.41) is 0. The third kappa shape index (κ3) is 12.6. The molecule has 0 aliphatic rings. The summed E-state index contributed by atoms with van der Waals surface area (Å²) >= 11 is 0. The number of halogens is 2. The zero-order chi connectivity index (χ0) is 33.2. The summed E-state index contributed by atoms with van der Waals surface area (Å²) in [6.45, 7) is 2.88. The molecule has 0 spiro atoms. The van der Waals surface area contributed by atoms with E-state index in [1.165, 1.54) is 62.8 Å². The van der Waals surface area contributed by atoms with Crippen LogP contribution in [0, 0.1) is 0 Å². The number of ether oxygens (including phenoxy) is 4. The molecule has 0 aromatic heterocycles. The molecule has 0 atom stereocenters. The first-order chi connectivity index (χ1) is 22.2. The fourth-order valence-electron chi connectivity index (χ4n) is 4.85. The Morgan fingerprint density at radius 3 is 2.17 bits per heavy atom. The molecule has 0 saturated heterocycles. The zero-order valence-electron chi connectivity index (χ0n) is 27.1. The van der Waals surface area contributed by atoms with Gasteiger partial charge in [0.1, 0.15) is 5.75 Å². The van der Waals surface area contributed by atoms with Crippen molar-refractivity contribution in [3.8, 4) is 17.2 Å². The number of methoxy groups -OCH3 is 1. The first-order valence-corrected chi connectivity index (χ1v) is 16.2. The Kier molecular flexibility index (Phi) is 15.2. The smallest absolute Gasteiger partial charge is 0.426 e. The molecule has 4 N–H and O–H groups in total. The Bertz CT molecular complexity index is 1380. The molecule has 0 bridgehead atoms. The summed E-state index contributed by atoms with van der Waals surface area (Å²) in [4.78, 5) is 12.1. The fraction of sp³-hybridized carbons (Fsp3) is 0.432. The van der Waals surface area contributed by atoms with Gasteiger partial charge in [0.2, 0.25) is 0 Å². The van der Waals surface area contributed by atoms with Crippen LogP contribution in [0.4, 0.5) is 20.2 Å². The number of carbonyl (C=O) groups is 1. The lowest BCUT2D eigenvalue weighted by Crippen LogP contribution is -2.22. The quantitative estimate of drug-likeness (QED) is 0.0519. The van der Waals surface area contributed by atoms with E-state index < -0.39 is 12.1 Å². The molecule has 0 radical (unpaired) electrons. The highest BCUT2D eigenvalue weighted by Crippen LogP contribution is 2.37. The van der Waals surface area contributed by atoms with Crippen LogP contribution < -0.4 is 25.7 Å². The van der Waals surface area contributed by atoms with Crippen LogP contribution in [0.3, 0.4) is 0 Å². The average molecular weight is 639 g/mol. The molecule has 46 heavy (non-hydrogen) atoms. The Morgan fingerprint density at radius 1 is 0.804 bits per heavy atom.